The first-order valence-corrected chi connectivity index (χ1v) is 1.41. The van der Waals surface area contributed by atoms with Crippen LogP contribution in [0.5, 0.6) is 0 Å². The minimum absolute atomic E-state index is 0. The van der Waals surface area contributed by atoms with Crippen molar-refractivity contribution in [3.63, 3.8) is 0 Å². The molecule has 0 aromatic rings. The van der Waals surface area contributed by atoms with Crippen molar-refractivity contribution in [3.05, 3.63) is 0 Å². The van der Waals surface area contributed by atoms with E-state index in [2.05, 4.69) is 0 Å². The summed E-state index contributed by atoms with van der Waals surface area (Å²) in [6.07, 6.45) is 0. The molecule has 0 saturated heterocycles. The summed E-state index contributed by atoms with van der Waals surface area (Å²) < 4.78 is 0. The summed E-state index contributed by atoms with van der Waals surface area (Å²) in [6.45, 7) is 0. The molecule has 0 spiro atoms. The van der Waals surface area contributed by atoms with Gasteiger partial charge in [0.1, 0.15) is 0 Å². The molecule has 0 radical (unpaired) electrons. The third kappa shape index (κ3) is 229. The van der Waals surface area contributed by atoms with Crippen LogP contribution < -0.4 is 86.7 Å². The molecular weight excluding hydrogens is 227 g/mol. The molecule has 12 heteroatoms. The first-order chi connectivity index (χ1) is 3.46. The van der Waals surface area contributed by atoms with E-state index < -0.39 is 14.6 Å². The largest absolute Gasteiger partial charge is 3.00 e. The zero-order valence-electron chi connectivity index (χ0n) is 7.18. The first-order valence-electron chi connectivity index (χ1n) is 1.41. The summed E-state index contributed by atoms with van der Waals surface area (Å²) in [7, 11) is -5.83. The van der Waals surface area contributed by atoms with Crippen LogP contribution in [0.1, 0.15) is 0 Å². The predicted molar refractivity (Wildman–Crippen MR) is 11.5 cm³/mol. The molecule has 0 aliphatic heterocycles. The standard InChI is InChI=1S/2BO3.3Li.Y/c2*2-1(3)4;;;;/q2*-3;3*+1;+3. The molecule has 0 atom stereocenters. The van der Waals surface area contributed by atoms with Crippen LogP contribution in [-0.2, 0) is 32.7 Å². The van der Waals surface area contributed by atoms with Crippen molar-refractivity contribution in [2.75, 3.05) is 0 Å². The number of hydrogen-bond acceptors (Lipinski definition) is 6. The van der Waals surface area contributed by atoms with Gasteiger partial charge in [-0.3, -0.25) is 14.6 Å². The zero-order chi connectivity index (χ0) is 7.15. The van der Waals surface area contributed by atoms with Crippen molar-refractivity contribution in [3.8, 4) is 0 Å². The normalized spacial score (nSPS) is 4.50. The molecule has 0 heterocycles. The van der Waals surface area contributed by atoms with Crippen LogP contribution in [0.15, 0.2) is 0 Å². The molecule has 0 rings (SSSR count). The van der Waals surface area contributed by atoms with Crippen LogP contribution in [0.3, 0.4) is 0 Å². The van der Waals surface area contributed by atoms with Crippen LogP contribution in [-0.4, -0.2) is 14.6 Å². The van der Waals surface area contributed by atoms with E-state index in [0.29, 0.717) is 0 Å². The van der Waals surface area contributed by atoms with E-state index in [4.69, 9.17) is 30.1 Å². The Bertz CT molecular complexity index is 36.3. The van der Waals surface area contributed by atoms with Gasteiger partial charge in [-0.2, -0.15) is 0 Å². The van der Waals surface area contributed by atoms with Crippen LogP contribution in [0.4, 0.5) is 0 Å². The fourth-order valence-corrected chi connectivity index (χ4v) is 0. The number of hydrogen-bond donors (Lipinski definition) is 0. The second kappa shape index (κ2) is 29.2. The molecule has 0 N–H and O–H groups in total. The minimum Gasteiger partial charge on any atom is -0.907 e. The van der Waals surface area contributed by atoms with E-state index in [1.165, 1.54) is 0 Å². The van der Waals surface area contributed by atoms with Gasteiger partial charge in [0.15, 0.2) is 0 Å². The summed E-state index contributed by atoms with van der Waals surface area (Å²) in [6, 6.07) is 0. The second-order valence-corrected chi connectivity index (χ2v) is 0.577. The Morgan fingerprint density at radius 2 is 0.500 bits per heavy atom. The van der Waals surface area contributed by atoms with Gasteiger partial charge in [-0.25, -0.2) is 0 Å². The molecule has 0 aromatic carbocycles. The zero-order valence-corrected chi connectivity index (χ0v) is 10.0. The number of rotatable bonds is 0. The molecule has 0 saturated carbocycles. The maximum atomic E-state index is 8.42. The molecule has 0 aromatic heterocycles. The Morgan fingerprint density at radius 3 is 0.500 bits per heavy atom. The molecule has 0 unspecified atom stereocenters. The van der Waals surface area contributed by atoms with Crippen molar-refractivity contribution in [1.29, 1.82) is 0 Å². The van der Waals surface area contributed by atoms with Crippen molar-refractivity contribution in [2.24, 2.45) is 0 Å². The molecule has 0 bridgehead atoms. The van der Waals surface area contributed by atoms with Gasteiger partial charge in [-0.05, 0) is 0 Å². The predicted octanol–water partition coefficient (Wildman–Crippen LogP) is -16.9. The summed E-state index contributed by atoms with van der Waals surface area (Å²) in [5, 5.41) is 50.5. The quantitative estimate of drug-likeness (QED) is 0.376. The third-order valence-corrected chi connectivity index (χ3v) is 0. The Morgan fingerprint density at radius 1 is 0.500 bits per heavy atom. The summed E-state index contributed by atoms with van der Waals surface area (Å²) in [5.74, 6) is 0. The maximum Gasteiger partial charge on any atom is 3.00 e. The van der Waals surface area contributed by atoms with Gasteiger partial charge in [0, 0.05) is 0 Å². The van der Waals surface area contributed by atoms with Crippen LogP contribution >= 0.6 is 0 Å². The first kappa shape index (κ1) is 36.4. The fourth-order valence-electron chi connectivity index (χ4n) is 0. The Balaban J connectivity index is -0.0000000112. The summed E-state index contributed by atoms with van der Waals surface area (Å²) in [5.41, 5.74) is 0. The van der Waals surface area contributed by atoms with E-state index in [-0.39, 0.29) is 89.3 Å². The SMILES string of the molecule is [Li+].[Li+].[Li+].[O-]B([O-])[O-].[O-]B([O-])[O-].[Y+3]. The average molecular weight is 227 g/mol. The van der Waals surface area contributed by atoms with E-state index in [0.717, 1.165) is 0 Å². The van der Waals surface area contributed by atoms with E-state index in [1.54, 1.807) is 0 Å². The molecule has 0 fully saturated rings. The van der Waals surface area contributed by atoms with Gasteiger partial charge >= 0.3 is 89.3 Å². The Kier molecular flexibility index (Phi) is 88.6. The van der Waals surface area contributed by atoms with Crippen LogP contribution in [0.2, 0.25) is 0 Å². The monoisotopic (exact) mass is 228 g/mol. The summed E-state index contributed by atoms with van der Waals surface area (Å²) >= 11 is 0. The topological polar surface area (TPSA) is 138 Å². The molecule has 12 heavy (non-hydrogen) atoms. The van der Waals surface area contributed by atoms with Gasteiger partial charge in [0.2, 0.25) is 0 Å². The maximum absolute atomic E-state index is 8.42. The van der Waals surface area contributed by atoms with Crippen LogP contribution in [0, 0.1) is 0 Å². The van der Waals surface area contributed by atoms with E-state index in [9.17, 15) is 0 Å². The Hall–Kier alpha value is 2.79. The Labute approximate surface area is 132 Å². The van der Waals surface area contributed by atoms with Crippen LogP contribution in [0.25, 0.3) is 0 Å². The fraction of sp³-hybridized carbons (Fsp3) is 0. The molecule has 6 nitrogen and oxygen atoms in total. The van der Waals surface area contributed by atoms with Gasteiger partial charge < -0.3 is 30.1 Å². The van der Waals surface area contributed by atoms with Crippen molar-refractivity contribution in [1.82, 2.24) is 0 Å². The van der Waals surface area contributed by atoms with Gasteiger partial charge in [-0.1, -0.05) is 0 Å². The smallest absolute Gasteiger partial charge is 0.907 e. The van der Waals surface area contributed by atoms with Gasteiger partial charge in [-0.15, -0.1) is 0 Å². The molecule has 0 aliphatic rings. The second-order valence-electron chi connectivity index (χ2n) is 0.577. The van der Waals surface area contributed by atoms with Crippen molar-refractivity contribution >= 4 is 14.6 Å². The molecule has 0 aliphatic carbocycles. The van der Waals surface area contributed by atoms with Gasteiger partial charge in [0.05, 0.1) is 0 Å². The summed E-state index contributed by atoms with van der Waals surface area (Å²) in [4.78, 5) is 0. The minimum atomic E-state index is -2.92. The third-order valence-electron chi connectivity index (χ3n) is 0. The molecule has 48 valence electrons. The molecule has 0 amide bonds. The molecular formula is B2Li3O6Y. The van der Waals surface area contributed by atoms with Crippen molar-refractivity contribution in [2.45, 2.75) is 0 Å². The van der Waals surface area contributed by atoms with Crippen molar-refractivity contribution < 1.29 is 119 Å². The van der Waals surface area contributed by atoms with E-state index >= 15 is 0 Å². The average Bonchev–Trinajstić information content (AvgIpc) is 1.25. The van der Waals surface area contributed by atoms with Gasteiger partial charge in [0.25, 0.3) is 0 Å². The van der Waals surface area contributed by atoms with E-state index in [1.807, 2.05) is 0 Å².